The van der Waals surface area contributed by atoms with E-state index in [1.54, 1.807) is 0 Å². The van der Waals surface area contributed by atoms with Crippen LogP contribution in [0.2, 0.25) is 0 Å². The molecule has 94 valence electrons. The molecule has 0 amide bonds. The van der Waals surface area contributed by atoms with E-state index in [0.717, 1.165) is 25.6 Å². The molecule has 2 heteroatoms. The Kier molecular flexibility index (Phi) is 4.19. The van der Waals surface area contributed by atoms with Gasteiger partial charge in [0.25, 0.3) is 0 Å². The van der Waals surface area contributed by atoms with Gasteiger partial charge in [0, 0.05) is 19.1 Å². The fourth-order valence-electron chi connectivity index (χ4n) is 2.90. The van der Waals surface area contributed by atoms with Crippen molar-refractivity contribution in [3.05, 3.63) is 35.9 Å². The summed E-state index contributed by atoms with van der Waals surface area (Å²) in [4.78, 5) is 2.61. The van der Waals surface area contributed by atoms with Crippen LogP contribution in [0.25, 0.3) is 0 Å². The van der Waals surface area contributed by atoms with Crippen molar-refractivity contribution in [1.82, 2.24) is 4.90 Å². The highest BCUT2D eigenvalue weighted by Crippen LogP contribution is 2.29. The minimum Gasteiger partial charge on any atom is -0.330 e. The Morgan fingerprint density at radius 1 is 1.29 bits per heavy atom. The standard InChI is InChI=1S/C15H24N2/c1-12(2)15-8-14(9-16)11-17(15)10-13-6-4-3-5-7-13/h3-7,12,14-15H,8-11,16H2,1-2H3. The molecule has 1 aliphatic heterocycles. The van der Waals surface area contributed by atoms with Crippen molar-refractivity contribution < 1.29 is 0 Å². The molecule has 2 nitrogen and oxygen atoms in total. The first kappa shape index (κ1) is 12.6. The molecule has 0 saturated carbocycles. The molecule has 0 spiro atoms. The SMILES string of the molecule is CC(C)C1CC(CN)CN1Cc1ccccc1. The van der Waals surface area contributed by atoms with E-state index < -0.39 is 0 Å². The quantitative estimate of drug-likeness (QED) is 0.864. The van der Waals surface area contributed by atoms with Crippen LogP contribution in [-0.2, 0) is 6.54 Å². The first-order chi connectivity index (χ1) is 8.20. The average molecular weight is 232 g/mol. The first-order valence-corrected chi connectivity index (χ1v) is 6.68. The third-order valence-corrected chi connectivity index (χ3v) is 3.87. The van der Waals surface area contributed by atoms with E-state index in [9.17, 15) is 0 Å². The lowest BCUT2D eigenvalue weighted by molar-refractivity contribution is 0.197. The Morgan fingerprint density at radius 3 is 2.59 bits per heavy atom. The molecular formula is C15H24N2. The molecule has 2 rings (SSSR count). The van der Waals surface area contributed by atoms with Gasteiger partial charge < -0.3 is 5.73 Å². The molecule has 1 saturated heterocycles. The molecule has 1 fully saturated rings. The number of hydrogen-bond donors (Lipinski definition) is 1. The minimum absolute atomic E-state index is 0.686. The molecule has 0 radical (unpaired) electrons. The minimum atomic E-state index is 0.686. The molecule has 1 aliphatic rings. The van der Waals surface area contributed by atoms with Gasteiger partial charge >= 0.3 is 0 Å². The molecule has 2 atom stereocenters. The molecule has 1 heterocycles. The smallest absolute Gasteiger partial charge is 0.0236 e. The Balaban J connectivity index is 2.03. The van der Waals surface area contributed by atoms with Crippen molar-refractivity contribution in [2.45, 2.75) is 32.9 Å². The van der Waals surface area contributed by atoms with Gasteiger partial charge in [-0.1, -0.05) is 44.2 Å². The Labute approximate surface area is 105 Å². The maximum absolute atomic E-state index is 5.83. The van der Waals surface area contributed by atoms with E-state index in [2.05, 4.69) is 49.1 Å². The van der Waals surface area contributed by atoms with Crippen LogP contribution in [0.4, 0.5) is 0 Å². The summed E-state index contributed by atoms with van der Waals surface area (Å²) in [7, 11) is 0. The summed E-state index contributed by atoms with van der Waals surface area (Å²) in [5, 5.41) is 0. The van der Waals surface area contributed by atoms with Gasteiger partial charge in [0.15, 0.2) is 0 Å². The largest absolute Gasteiger partial charge is 0.330 e. The van der Waals surface area contributed by atoms with Crippen LogP contribution in [0.15, 0.2) is 30.3 Å². The van der Waals surface area contributed by atoms with Gasteiger partial charge in [0.05, 0.1) is 0 Å². The van der Waals surface area contributed by atoms with Crippen molar-refractivity contribution in [2.24, 2.45) is 17.6 Å². The van der Waals surface area contributed by atoms with E-state index >= 15 is 0 Å². The second-order valence-electron chi connectivity index (χ2n) is 5.56. The molecule has 0 bridgehead atoms. The number of likely N-dealkylation sites (tertiary alicyclic amines) is 1. The van der Waals surface area contributed by atoms with E-state index in [0.29, 0.717) is 12.0 Å². The maximum atomic E-state index is 5.83. The van der Waals surface area contributed by atoms with Crippen LogP contribution in [-0.4, -0.2) is 24.0 Å². The van der Waals surface area contributed by atoms with Crippen molar-refractivity contribution in [3.8, 4) is 0 Å². The third-order valence-electron chi connectivity index (χ3n) is 3.87. The molecule has 1 aromatic rings. The van der Waals surface area contributed by atoms with Crippen LogP contribution in [0.1, 0.15) is 25.8 Å². The molecule has 1 aromatic carbocycles. The molecular weight excluding hydrogens is 208 g/mol. The summed E-state index contributed by atoms with van der Waals surface area (Å²) in [6.45, 7) is 7.70. The predicted molar refractivity (Wildman–Crippen MR) is 72.6 cm³/mol. The second kappa shape index (κ2) is 5.65. The summed E-state index contributed by atoms with van der Waals surface area (Å²) >= 11 is 0. The van der Waals surface area contributed by atoms with Crippen molar-refractivity contribution >= 4 is 0 Å². The Bertz CT molecular complexity index is 334. The third kappa shape index (κ3) is 3.08. The van der Waals surface area contributed by atoms with Crippen LogP contribution >= 0.6 is 0 Å². The zero-order chi connectivity index (χ0) is 12.3. The summed E-state index contributed by atoms with van der Waals surface area (Å²) < 4.78 is 0. The summed E-state index contributed by atoms with van der Waals surface area (Å²) in [6, 6.07) is 11.5. The van der Waals surface area contributed by atoms with E-state index in [-0.39, 0.29) is 0 Å². The highest BCUT2D eigenvalue weighted by molar-refractivity contribution is 5.15. The van der Waals surface area contributed by atoms with Gasteiger partial charge in [-0.2, -0.15) is 0 Å². The van der Waals surface area contributed by atoms with Gasteiger partial charge in [0.1, 0.15) is 0 Å². The van der Waals surface area contributed by atoms with Gasteiger partial charge in [-0.25, -0.2) is 0 Å². The van der Waals surface area contributed by atoms with Crippen molar-refractivity contribution in [2.75, 3.05) is 13.1 Å². The number of nitrogens with two attached hydrogens (primary N) is 1. The lowest BCUT2D eigenvalue weighted by Gasteiger charge is -2.27. The van der Waals surface area contributed by atoms with E-state index in [1.807, 2.05) is 0 Å². The summed E-state index contributed by atoms with van der Waals surface area (Å²) in [6.07, 6.45) is 1.26. The Morgan fingerprint density at radius 2 is 2.00 bits per heavy atom. The van der Waals surface area contributed by atoms with Crippen LogP contribution < -0.4 is 5.73 Å². The fraction of sp³-hybridized carbons (Fsp3) is 0.600. The lowest BCUT2D eigenvalue weighted by atomic mass is 9.97. The van der Waals surface area contributed by atoms with E-state index in [4.69, 9.17) is 5.73 Å². The average Bonchev–Trinajstić information content (AvgIpc) is 2.74. The summed E-state index contributed by atoms with van der Waals surface area (Å²) in [5.41, 5.74) is 7.24. The fourth-order valence-corrected chi connectivity index (χ4v) is 2.90. The van der Waals surface area contributed by atoms with Gasteiger partial charge in [-0.05, 0) is 30.4 Å². The van der Waals surface area contributed by atoms with Gasteiger partial charge in [-0.3, -0.25) is 4.90 Å². The zero-order valence-corrected chi connectivity index (χ0v) is 11.0. The number of nitrogens with zero attached hydrogens (tertiary/aromatic N) is 1. The summed E-state index contributed by atoms with van der Waals surface area (Å²) in [5.74, 6) is 1.40. The monoisotopic (exact) mass is 232 g/mol. The van der Waals surface area contributed by atoms with Crippen LogP contribution in [0, 0.1) is 11.8 Å². The molecule has 0 aromatic heterocycles. The van der Waals surface area contributed by atoms with Gasteiger partial charge in [0.2, 0.25) is 0 Å². The zero-order valence-electron chi connectivity index (χ0n) is 11.0. The number of rotatable bonds is 4. The number of benzene rings is 1. The maximum Gasteiger partial charge on any atom is 0.0236 e. The second-order valence-corrected chi connectivity index (χ2v) is 5.56. The normalized spacial score (nSPS) is 25.6. The predicted octanol–water partition coefficient (Wildman–Crippen LogP) is 2.49. The topological polar surface area (TPSA) is 29.3 Å². The highest BCUT2D eigenvalue weighted by Gasteiger charge is 2.32. The number of hydrogen-bond acceptors (Lipinski definition) is 2. The van der Waals surface area contributed by atoms with Crippen LogP contribution in [0.5, 0.6) is 0 Å². The first-order valence-electron chi connectivity index (χ1n) is 6.68. The van der Waals surface area contributed by atoms with Crippen molar-refractivity contribution in [3.63, 3.8) is 0 Å². The molecule has 2 unspecified atom stereocenters. The molecule has 17 heavy (non-hydrogen) atoms. The van der Waals surface area contributed by atoms with E-state index in [1.165, 1.54) is 12.0 Å². The lowest BCUT2D eigenvalue weighted by Crippen LogP contribution is -2.33. The highest BCUT2D eigenvalue weighted by atomic mass is 15.2. The van der Waals surface area contributed by atoms with Crippen molar-refractivity contribution in [1.29, 1.82) is 0 Å². The van der Waals surface area contributed by atoms with Crippen LogP contribution in [0.3, 0.4) is 0 Å². The Hall–Kier alpha value is -0.860. The molecule has 2 N–H and O–H groups in total. The molecule has 0 aliphatic carbocycles. The van der Waals surface area contributed by atoms with Gasteiger partial charge in [-0.15, -0.1) is 0 Å².